The number of benzene rings is 1. The van der Waals surface area contributed by atoms with E-state index in [2.05, 4.69) is 53.6 Å². The Morgan fingerprint density at radius 2 is 2.14 bits per heavy atom. The van der Waals surface area contributed by atoms with Gasteiger partial charge in [0.15, 0.2) is 0 Å². The second kappa shape index (κ2) is 7.46. The van der Waals surface area contributed by atoms with E-state index in [9.17, 15) is 4.79 Å². The molecule has 4 nitrogen and oxygen atoms in total. The molecule has 4 heteroatoms. The molecule has 0 aliphatic carbocycles. The van der Waals surface area contributed by atoms with Crippen molar-refractivity contribution in [2.75, 3.05) is 24.5 Å². The Balaban J connectivity index is 2.15. The molecule has 2 unspecified atom stereocenters. The maximum absolute atomic E-state index is 11.2. The maximum Gasteiger partial charge on any atom is 0.217 e. The second-order valence-electron chi connectivity index (χ2n) is 5.71. The van der Waals surface area contributed by atoms with Gasteiger partial charge in [-0.15, -0.1) is 0 Å². The second-order valence-corrected chi connectivity index (χ2v) is 5.71. The summed E-state index contributed by atoms with van der Waals surface area (Å²) in [4.78, 5) is 13.6. The Morgan fingerprint density at radius 3 is 2.81 bits per heavy atom. The van der Waals surface area contributed by atoms with Crippen molar-refractivity contribution in [3.8, 4) is 0 Å². The normalized spacial score (nSPS) is 19.6. The van der Waals surface area contributed by atoms with E-state index in [-0.39, 0.29) is 11.9 Å². The first kappa shape index (κ1) is 15.8. The summed E-state index contributed by atoms with van der Waals surface area (Å²) < 4.78 is 0. The Morgan fingerprint density at radius 1 is 1.38 bits per heavy atom. The van der Waals surface area contributed by atoms with E-state index in [1.54, 1.807) is 6.92 Å². The summed E-state index contributed by atoms with van der Waals surface area (Å²) in [7, 11) is 0. The molecule has 2 rings (SSSR count). The monoisotopic (exact) mass is 289 g/mol. The molecule has 1 aromatic carbocycles. The largest absolute Gasteiger partial charge is 0.369 e. The van der Waals surface area contributed by atoms with Gasteiger partial charge in [-0.05, 0) is 31.0 Å². The zero-order chi connectivity index (χ0) is 15.2. The van der Waals surface area contributed by atoms with Crippen LogP contribution in [0, 0.1) is 0 Å². The van der Waals surface area contributed by atoms with Gasteiger partial charge in [-0.1, -0.05) is 32.0 Å². The van der Waals surface area contributed by atoms with Crippen molar-refractivity contribution in [1.29, 1.82) is 0 Å². The van der Waals surface area contributed by atoms with Crippen LogP contribution in [0.2, 0.25) is 0 Å². The summed E-state index contributed by atoms with van der Waals surface area (Å²) in [5, 5.41) is 6.59. The molecule has 1 saturated heterocycles. The van der Waals surface area contributed by atoms with Crippen molar-refractivity contribution >= 4 is 11.6 Å². The molecule has 2 N–H and O–H groups in total. The lowest BCUT2D eigenvalue weighted by molar-refractivity contribution is -0.119. The van der Waals surface area contributed by atoms with Gasteiger partial charge in [0.05, 0.1) is 0 Å². The first-order chi connectivity index (χ1) is 10.2. The molecule has 1 fully saturated rings. The predicted octanol–water partition coefficient (Wildman–Crippen LogP) is 2.46. The molecule has 21 heavy (non-hydrogen) atoms. The van der Waals surface area contributed by atoms with Gasteiger partial charge in [-0.3, -0.25) is 4.79 Å². The molecule has 116 valence electrons. The molecule has 1 aliphatic heterocycles. The highest BCUT2D eigenvalue weighted by atomic mass is 16.1. The molecular weight excluding hydrogens is 262 g/mol. The Kier molecular flexibility index (Phi) is 5.62. The molecule has 1 heterocycles. The third-order valence-corrected chi connectivity index (χ3v) is 4.11. The lowest BCUT2D eigenvalue weighted by atomic mass is 10.0. The minimum Gasteiger partial charge on any atom is -0.369 e. The van der Waals surface area contributed by atoms with Crippen LogP contribution in [0.5, 0.6) is 0 Å². The van der Waals surface area contributed by atoms with Gasteiger partial charge in [-0.2, -0.15) is 0 Å². The van der Waals surface area contributed by atoms with Crippen LogP contribution in [0.3, 0.4) is 0 Å². The van der Waals surface area contributed by atoms with E-state index in [1.807, 2.05) is 0 Å². The molecule has 2 atom stereocenters. The molecule has 0 aromatic heterocycles. The highest BCUT2D eigenvalue weighted by Crippen LogP contribution is 2.30. The van der Waals surface area contributed by atoms with E-state index in [0.717, 1.165) is 32.5 Å². The number of rotatable bonds is 6. The van der Waals surface area contributed by atoms with Gasteiger partial charge in [0.1, 0.15) is 0 Å². The van der Waals surface area contributed by atoms with Gasteiger partial charge in [0, 0.05) is 37.8 Å². The molecule has 1 amide bonds. The van der Waals surface area contributed by atoms with Crippen LogP contribution < -0.4 is 15.5 Å². The fraction of sp³-hybridized carbons (Fsp3) is 0.588. The van der Waals surface area contributed by atoms with Crippen LogP contribution in [0.15, 0.2) is 24.3 Å². The van der Waals surface area contributed by atoms with Crippen LogP contribution in [-0.2, 0) is 4.79 Å². The van der Waals surface area contributed by atoms with Gasteiger partial charge < -0.3 is 15.5 Å². The van der Waals surface area contributed by atoms with Crippen LogP contribution >= 0.6 is 0 Å². The number of carbonyl (C=O) groups is 1. The van der Waals surface area contributed by atoms with Crippen molar-refractivity contribution in [2.24, 2.45) is 0 Å². The Labute approximate surface area is 127 Å². The van der Waals surface area contributed by atoms with Crippen molar-refractivity contribution in [1.82, 2.24) is 10.6 Å². The fourth-order valence-corrected chi connectivity index (χ4v) is 3.18. The Hall–Kier alpha value is -1.55. The summed E-state index contributed by atoms with van der Waals surface area (Å²) >= 11 is 0. The average Bonchev–Trinajstić information content (AvgIpc) is 2.92. The fourth-order valence-electron chi connectivity index (χ4n) is 3.18. The zero-order valence-corrected chi connectivity index (χ0v) is 13.4. The molecule has 1 aromatic rings. The topological polar surface area (TPSA) is 44.4 Å². The van der Waals surface area contributed by atoms with E-state index in [4.69, 9.17) is 0 Å². The number of hydrogen-bond donors (Lipinski definition) is 2. The minimum absolute atomic E-state index is 0.0641. The number of para-hydroxylation sites is 1. The number of amides is 1. The standard InChI is InChI=1S/C17H27N3O/c1-4-16(18-5-2)15-8-6-7-9-17(15)20-11-10-14(12-20)19-13(3)21/h6-9,14,16,18H,4-5,10-12H2,1-3H3,(H,19,21). The third-order valence-electron chi connectivity index (χ3n) is 4.11. The molecule has 0 saturated carbocycles. The van der Waals surface area contributed by atoms with Crippen LogP contribution in [0.25, 0.3) is 0 Å². The number of nitrogens with zero attached hydrogens (tertiary/aromatic N) is 1. The summed E-state index contributed by atoms with van der Waals surface area (Å²) in [5.41, 5.74) is 2.67. The summed E-state index contributed by atoms with van der Waals surface area (Å²) in [6.45, 7) is 8.84. The van der Waals surface area contributed by atoms with E-state index >= 15 is 0 Å². The lowest BCUT2D eigenvalue weighted by Gasteiger charge is -2.26. The van der Waals surface area contributed by atoms with Crippen molar-refractivity contribution in [3.63, 3.8) is 0 Å². The van der Waals surface area contributed by atoms with Crippen LogP contribution in [-0.4, -0.2) is 31.6 Å². The summed E-state index contributed by atoms with van der Waals surface area (Å²) in [5.74, 6) is 0.0641. The predicted molar refractivity (Wildman–Crippen MR) is 87.6 cm³/mol. The highest BCUT2D eigenvalue weighted by Gasteiger charge is 2.25. The van der Waals surface area contributed by atoms with Crippen LogP contribution in [0.4, 0.5) is 5.69 Å². The number of carbonyl (C=O) groups excluding carboxylic acids is 1. The first-order valence-corrected chi connectivity index (χ1v) is 8.00. The molecular formula is C17H27N3O. The zero-order valence-electron chi connectivity index (χ0n) is 13.4. The van der Waals surface area contributed by atoms with Crippen molar-refractivity contribution in [3.05, 3.63) is 29.8 Å². The summed E-state index contributed by atoms with van der Waals surface area (Å²) in [6.07, 6.45) is 2.10. The average molecular weight is 289 g/mol. The highest BCUT2D eigenvalue weighted by molar-refractivity contribution is 5.73. The maximum atomic E-state index is 11.2. The van der Waals surface area contributed by atoms with Crippen molar-refractivity contribution in [2.45, 2.75) is 45.7 Å². The van der Waals surface area contributed by atoms with Gasteiger partial charge in [-0.25, -0.2) is 0 Å². The molecule has 1 aliphatic rings. The molecule has 0 spiro atoms. The van der Waals surface area contributed by atoms with Gasteiger partial charge in [0.25, 0.3) is 0 Å². The number of hydrogen-bond acceptors (Lipinski definition) is 3. The number of nitrogens with one attached hydrogen (secondary N) is 2. The van der Waals surface area contributed by atoms with E-state index < -0.39 is 0 Å². The van der Waals surface area contributed by atoms with E-state index in [1.165, 1.54) is 11.3 Å². The molecule has 0 radical (unpaired) electrons. The number of anilines is 1. The Bertz CT molecular complexity index is 475. The molecule has 0 bridgehead atoms. The van der Waals surface area contributed by atoms with Crippen molar-refractivity contribution < 1.29 is 4.79 Å². The van der Waals surface area contributed by atoms with E-state index in [0.29, 0.717) is 6.04 Å². The van der Waals surface area contributed by atoms with Gasteiger partial charge in [0.2, 0.25) is 5.91 Å². The third kappa shape index (κ3) is 3.97. The minimum atomic E-state index is 0.0641. The first-order valence-electron chi connectivity index (χ1n) is 8.00. The quantitative estimate of drug-likeness (QED) is 0.845. The SMILES string of the molecule is CCNC(CC)c1ccccc1N1CCC(NC(C)=O)C1. The lowest BCUT2D eigenvalue weighted by Crippen LogP contribution is -2.36. The summed E-state index contributed by atoms with van der Waals surface area (Å²) in [6, 6.07) is 9.30. The van der Waals surface area contributed by atoms with Gasteiger partial charge >= 0.3 is 0 Å². The smallest absolute Gasteiger partial charge is 0.217 e. The van der Waals surface area contributed by atoms with Crippen LogP contribution in [0.1, 0.15) is 45.2 Å².